The van der Waals surface area contributed by atoms with Crippen molar-refractivity contribution in [1.29, 1.82) is 0 Å². The number of Topliss-reactive ketones (excluding diaryl/α,β-unsaturated/α-hetero) is 1. The van der Waals surface area contributed by atoms with Gasteiger partial charge in [0.15, 0.2) is 5.78 Å². The fraction of sp³-hybridized carbons (Fsp3) is 0.611. The van der Waals surface area contributed by atoms with Crippen molar-refractivity contribution in [3.8, 4) is 0 Å². The Kier molecular flexibility index (Phi) is 8.97. The summed E-state index contributed by atoms with van der Waals surface area (Å²) in [5, 5.41) is 0. The average Bonchev–Trinajstić information content (AvgIpc) is 2.50. The molecule has 0 aromatic heterocycles. The molecule has 1 atom stereocenters. The van der Waals surface area contributed by atoms with Gasteiger partial charge in [0.05, 0.1) is 6.04 Å². The van der Waals surface area contributed by atoms with Crippen LogP contribution in [0.2, 0.25) is 0 Å². The first kappa shape index (κ1) is 16.9. The summed E-state index contributed by atoms with van der Waals surface area (Å²) in [6.45, 7) is 2.24. The van der Waals surface area contributed by atoms with E-state index in [0.29, 0.717) is 6.42 Å². The van der Waals surface area contributed by atoms with Crippen LogP contribution < -0.4 is 5.73 Å². The van der Waals surface area contributed by atoms with Crippen LogP contribution in [0.1, 0.15) is 76.3 Å². The van der Waals surface area contributed by atoms with Crippen LogP contribution in [0.25, 0.3) is 0 Å². The molecule has 0 bridgehead atoms. The molecule has 0 spiro atoms. The summed E-state index contributed by atoms with van der Waals surface area (Å²) in [5.74, 6) is 0.169. The molecular weight excluding hydrogens is 246 g/mol. The normalized spacial score (nSPS) is 12.3. The lowest BCUT2D eigenvalue weighted by Crippen LogP contribution is -2.21. The number of carbonyl (C=O) groups is 1. The first-order chi connectivity index (χ1) is 9.75. The van der Waals surface area contributed by atoms with Crippen LogP contribution in [0.3, 0.4) is 0 Å². The van der Waals surface area contributed by atoms with Crippen LogP contribution >= 0.6 is 0 Å². The second-order valence-electron chi connectivity index (χ2n) is 5.58. The summed E-state index contributed by atoms with van der Waals surface area (Å²) in [6, 6.07) is 9.21. The molecule has 0 saturated heterocycles. The van der Waals surface area contributed by atoms with Gasteiger partial charge >= 0.3 is 0 Å². The highest BCUT2D eigenvalue weighted by atomic mass is 16.1. The monoisotopic (exact) mass is 275 g/mol. The van der Waals surface area contributed by atoms with Crippen molar-refractivity contribution in [3.05, 3.63) is 35.9 Å². The Morgan fingerprint density at radius 3 is 2.10 bits per heavy atom. The van der Waals surface area contributed by atoms with Gasteiger partial charge in [-0.25, -0.2) is 0 Å². The van der Waals surface area contributed by atoms with Crippen molar-refractivity contribution >= 4 is 5.78 Å². The number of ketones is 1. The Morgan fingerprint density at radius 1 is 0.950 bits per heavy atom. The zero-order valence-corrected chi connectivity index (χ0v) is 12.8. The minimum absolute atomic E-state index is 0.169. The number of rotatable bonds is 11. The Hall–Kier alpha value is -1.15. The molecule has 0 amide bonds. The predicted molar refractivity (Wildman–Crippen MR) is 85.6 cm³/mol. The largest absolute Gasteiger partial charge is 0.318 e. The number of nitrogens with two attached hydrogens (primary N) is 1. The fourth-order valence-electron chi connectivity index (χ4n) is 2.43. The lowest BCUT2D eigenvalue weighted by Gasteiger charge is -2.10. The Labute approximate surface area is 123 Å². The molecule has 1 aromatic carbocycles. The molecular formula is C18H29NO. The number of carbonyl (C=O) groups excluding carboxylic acids is 1. The van der Waals surface area contributed by atoms with Gasteiger partial charge in [-0.2, -0.15) is 0 Å². The minimum atomic E-state index is -0.444. The van der Waals surface area contributed by atoms with Gasteiger partial charge in [-0.1, -0.05) is 82.2 Å². The summed E-state index contributed by atoms with van der Waals surface area (Å²) in [5.41, 5.74) is 6.91. The highest BCUT2D eigenvalue weighted by Gasteiger charge is 2.14. The van der Waals surface area contributed by atoms with Crippen LogP contribution in [0.15, 0.2) is 30.3 Å². The third-order valence-electron chi connectivity index (χ3n) is 3.78. The highest BCUT2D eigenvalue weighted by molar-refractivity contribution is 5.84. The summed E-state index contributed by atoms with van der Waals surface area (Å²) in [6.07, 6.45) is 10.6. The van der Waals surface area contributed by atoms with Gasteiger partial charge in [0, 0.05) is 6.42 Å². The molecule has 0 heterocycles. The summed E-state index contributed by atoms with van der Waals surface area (Å²) >= 11 is 0. The van der Waals surface area contributed by atoms with E-state index < -0.39 is 6.04 Å². The minimum Gasteiger partial charge on any atom is -0.318 e. The van der Waals surface area contributed by atoms with E-state index >= 15 is 0 Å². The lowest BCUT2D eigenvalue weighted by atomic mass is 9.99. The quantitative estimate of drug-likeness (QED) is 0.590. The standard InChI is InChI=1S/C18H29NO/c1-2-3-4-5-6-7-8-12-15-17(20)18(19)16-13-10-9-11-14-16/h9-11,13-14,18H,2-8,12,15,19H2,1H3/t18-/m0/s1. The summed E-state index contributed by atoms with van der Waals surface area (Å²) < 4.78 is 0. The molecule has 2 N–H and O–H groups in total. The molecule has 112 valence electrons. The number of unbranched alkanes of at least 4 members (excludes halogenated alkanes) is 7. The molecule has 2 heteroatoms. The van der Waals surface area contributed by atoms with Crippen molar-refractivity contribution < 1.29 is 4.79 Å². The number of benzene rings is 1. The maximum absolute atomic E-state index is 12.0. The van der Waals surface area contributed by atoms with Crippen molar-refractivity contribution in [2.45, 2.75) is 70.8 Å². The molecule has 20 heavy (non-hydrogen) atoms. The molecule has 2 nitrogen and oxygen atoms in total. The Balaban J connectivity index is 2.08. The summed E-state index contributed by atoms with van der Waals surface area (Å²) in [4.78, 5) is 12.0. The van der Waals surface area contributed by atoms with E-state index in [9.17, 15) is 4.79 Å². The van der Waals surface area contributed by atoms with Crippen LogP contribution in [-0.4, -0.2) is 5.78 Å². The second-order valence-corrected chi connectivity index (χ2v) is 5.58. The molecule has 0 saturated carbocycles. The molecule has 0 aliphatic rings. The zero-order valence-electron chi connectivity index (χ0n) is 12.8. The first-order valence-corrected chi connectivity index (χ1v) is 8.09. The molecule has 1 rings (SSSR count). The average molecular weight is 275 g/mol. The lowest BCUT2D eigenvalue weighted by molar-refractivity contribution is -0.120. The van der Waals surface area contributed by atoms with Crippen LogP contribution in [0.5, 0.6) is 0 Å². The second kappa shape index (κ2) is 10.6. The SMILES string of the molecule is CCCCCCCCCCC(=O)[C@@H](N)c1ccccc1. The van der Waals surface area contributed by atoms with Crippen molar-refractivity contribution in [2.75, 3.05) is 0 Å². The third kappa shape index (κ3) is 6.85. The van der Waals surface area contributed by atoms with Crippen LogP contribution in [0, 0.1) is 0 Å². The Bertz CT molecular complexity index is 361. The fourth-order valence-corrected chi connectivity index (χ4v) is 2.43. The molecule has 0 aliphatic heterocycles. The van der Waals surface area contributed by atoms with Gasteiger partial charge in [-0.15, -0.1) is 0 Å². The van der Waals surface area contributed by atoms with Gasteiger partial charge in [0.2, 0.25) is 0 Å². The molecule has 1 aromatic rings. The molecule has 0 radical (unpaired) electrons. The van der Waals surface area contributed by atoms with E-state index in [2.05, 4.69) is 6.92 Å². The number of hydrogen-bond acceptors (Lipinski definition) is 2. The Morgan fingerprint density at radius 2 is 1.50 bits per heavy atom. The maximum Gasteiger partial charge on any atom is 0.154 e. The van der Waals surface area contributed by atoms with Crippen molar-refractivity contribution in [2.24, 2.45) is 5.73 Å². The van der Waals surface area contributed by atoms with Crippen LogP contribution in [0.4, 0.5) is 0 Å². The molecule has 0 aliphatic carbocycles. The van der Waals surface area contributed by atoms with Crippen molar-refractivity contribution in [3.63, 3.8) is 0 Å². The van der Waals surface area contributed by atoms with E-state index in [-0.39, 0.29) is 5.78 Å². The van der Waals surface area contributed by atoms with Gasteiger partial charge in [0.1, 0.15) is 0 Å². The first-order valence-electron chi connectivity index (χ1n) is 8.09. The van der Waals surface area contributed by atoms with Gasteiger partial charge in [-0.3, -0.25) is 4.79 Å². The molecule has 0 unspecified atom stereocenters. The van der Waals surface area contributed by atoms with Crippen molar-refractivity contribution in [1.82, 2.24) is 0 Å². The highest BCUT2D eigenvalue weighted by Crippen LogP contribution is 2.15. The maximum atomic E-state index is 12.0. The van der Waals surface area contributed by atoms with E-state index in [1.807, 2.05) is 30.3 Å². The van der Waals surface area contributed by atoms with Gasteiger partial charge in [-0.05, 0) is 12.0 Å². The third-order valence-corrected chi connectivity index (χ3v) is 3.78. The van der Waals surface area contributed by atoms with Gasteiger partial charge in [0.25, 0.3) is 0 Å². The van der Waals surface area contributed by atoms with E-state index in [4.69, 9.17) is 5.73 Å². The van der Waals surface area contributed by atoms with E-state index in [1.165, 1.54) is 38.5 Å². The zero-order chi connectivity index (χ0) is 14.6. The topological polar surface area (TPSA) is 43.1 Å². The smallest absolute Gasteiger partial charge is 0.154 e. The van der Waals surface area contributed by atoms with E-state index in [0.717, 1.165) is 18.4 Å². The predicted octanol–water partition coefficient (Wildman–Crippen LogP) is 4.79. The van der Waals surface area contributed by atoms with Gasteiger partial charge < -0.3 is 5.73 Å². The van der Waals surface area contributed by atoms with E-state index in [1.54, 1.807) is 0 Å². The van der Waals surface area contributed by atoms with Crippen LogP contribution in [-0.2, 0) is 4.79 Å². The number of hydrogen-bond donors (Lipinski definition) is 1. The molecule has 0 fully saturated rings. The summed E-state index contributed by atoms with van der Waals surface area (Å²) in [7, 11) is 0.